The molecule has 2 rings (SSSR count). The zero-order valence-electron chi connectivity index (χ0n) is 13.0. The van der Waals surface area contributed by atoms with Gasteiger partial charge in [-0.3, -0.25) is 0 Å². The van der Waals surface area contributed by atoms with Crippen LogP contribution in [0.2, 0.25) is 0 Å². The van der Waals surface area contributed by atoms with E-state index >= 15 is 0 Å². The van der Waals surface area contributed by atoms with Crippen LogP contribution in [-0.4, -0.2) is 20.7 Å². The predicted molar refractivity (Wildman–Crippen MR) is 89.0 cm³/mol. The van der Waals surface area contributed by atoms with Crippen molar-refractivity contribution < 1.29 is 4.74 Å². The van der Waals surface area contributed by atoms with Crippen LogP contribution >= 0.6 is 0 Å². The molecule has 0 aliphatic heterocycles. The summed E-state index contributed by atoms with van der Waals surface area (Å²) in [6.45, 7) is 2.93. The van der Waals surface area contributed by atoms with Crippen LogP contribution in [0.25, 0.3) is 0 Å². The summed E-state index contributed by atoms with van der Waals surface area (Å²) >= 11 is 0. The molecule has 0 bridgehead atoms. The van der Waals surface area contributed by atoms with Crippen LogP contribution < -0.4 is 15.4 Å². The third-order valence-corrected chi connectivity index (χ3v) is 3.71. The van der Waals surface area contributed by atoms with Crippen molar-refractivity contribution in [1.82, 2.24) is 0 Å². The first-order valence-electron chi connectivity index (χ1n) is 7.31. The molecule has 0 saturated carbocycles. The number of hydrogen-bond acceptors (Lipinski definition) is 3. The molecule has 2 N–H and O–H groups in total. The van der Waals surface area contributed by atoms with E-state index in [9.17, 15) is 0 Å². The Morgan fingerprint density at radius 2 is 1.81 bits per heavy atom. The minimum Gasteiger partial charge on any atom is -0.496 e. The van der Waals surface area contributed by atoms with Crippen LogP contribution in [0.1, 0.15) is 24.1 Å². The van der Waals surface area contributed by atoms with E-state index in [0.717, 1.165) is 30.0 Å². The second kappa shape index (κ2) is 7.14. The number of anilines is 1. The molecule has 21 heavy (non-hydrogen) atoms. The second-order valence-electron chi connectivity index (χ2n) is 5.34. The van der Waals surface area contributed by atoms with E-state index in [1.807, 2.05) is 25.1 Å². The highest BCUT2D eigenvalue weighted by Gasteiger charge is 2.15. The number of hydrogen-bond donors (Lipinski definition) is 1. The average Bonchev–Trinajstić information content (AvgIpc) is 2.52. The van der Waals surface area contributed by atoms with Crippen LogP contribution in [0.15, 0.2) is 48.5 Å². The fourth-order valence-corrected chi connectivity index (χ4v) is 2.56. The fraction of sp³-hybridized carbons (Fsp3) is 0.333. The molecule has 0 aromatic heterocycles. The standard InChI is InChI=1S/C18H24N2O/c1-14(19)18-16(10-7-11-17(18)21-3)20(2)13-12-15-8-5-4-6-9-15/h4-11,14H,12-13,19H2,1-3H3/t14-/m1/s1. The Hall–Kier alpha value is -2.00. The Bertz CT molecular complexity index is 567. The normalized spacial score (nSPS) is 12.0. The van der Waals surface area contributed by atoms with E-state index in [2.05, 4.69) is 42.3 Å². The van der Waals surface area contributed by atoms with Gasteiger partial charge in [-0.1, -0.05) is 36.4 Å². The number of ether oxygens (including phenoxy) is 1. The van der Waals surface area contributed by atoms with Crippen LogP contribution in [-0.2, 0) is 6.42 Å². The summed E-state index contributed by atoms with van der Waals surface area (Å²) in [5.41, 5.74) is 9.68. The maximum Gasteiger partial charge on any atom is 0.125 e. The van der Waals surface area contributed by atoms with Crippen molar-refractivity contribution in [3.63, 3.8) is 0 Å². The summed E-state index contributed by atoms with van der Waals surface area (Å²) in [6, 6.07) is 16.5. The number of benzene rings is 2. The molecule has 0 radical (unpaired) electrons. The summed E-state index contributed by atoms with van der Waals surface area (Å²) in [5, 5.41) is 0. The third-order valence-electron chi connectivity index (χ3n) is 3.71. The zero-order chi connectivity index (χ0) is 15.2. The Balaban J connectivity index is 2.17. The Morgan fingerprint density at radius 1 is 1.10 bits per heavy atom. The first-order valence-corrected chi connectivity index (χ1v) is 7.31. The molecule has 2 aromatic carbocycles. The molecule has 3 heteroatoms. The van der Waals surface area contributed by atoms with E-state index in [1.54, 1.807) is 7.11 Å². The van der Waals surface area contributed by atoms with Crippen molar-refractivity contribution in [2.45, 2.75) is 19.4 Å². The van der Waals surface area contributed by atoms with Crippen LogP contribution in [0.3, 0.4) is 0 Å². The number of nitrogens with two attached hydrogens (primary N) is 1. The van der Waals surface area contributed by atoms with E-state index in [4.69, 9.17) is 10.5 Å². The maximum absolute atomic E-state index is 6.13. The molecule has 0 heterocycles. The largest absolute Gasteiger partial charge is 0.496 e. The summed E-state index contributed by atoms with van der Waals surface area (Å²) in [6.07, 6.45) is 1.01. The molecule has 0 fully saturated rings. The zero-order valence-corrected chi connectivity index (χ0v) is 13.0. The van der Waals surface area contributed by atoms with Crippen molar-refractivity contribution >= 4 is 5.69 Å². The SMILES string of the molecule is COc1cccc(N(C)CCc2ccccc2)c1[C@@H](C)N. The lowest BCUT2D eigenvalue weighted by atomic mass is 10.0. The third kappa shape index (κ3) is 3.76. The molecule has 2 aromatic rings. The minimum atomic E-state index is -0.0599. The number of nitrogens with zero attached hydrogens (tertiary/aromatic N) is 1. The van der Waals surface area contributed by atoms with Gasteiger partial charge in [0.25, 0.3) is 0 Å². The Kier molecular flexibility index (Phi) is 5.23. The highest BCUT2D eigenvalue weighted by atomic mass is 16.5. The van der Waals surface area contributed by atoms with Crippen molar-refractivity contribution in [3.8, 4) is 5.75 Å². The smallest absolute Gasteiger partial charge is 0.125 e. The summed E-state index contributed by atoms with van der Waals surface area (Å²) in [4.78, 5) is 2.24. The van der Waals surface area contributed by atoms with Crippen LogP contribution in [0, 0.1) is 0 Å². The lowest BCUT2D eigenvalue weighted by molar-refractivity contribution is 0.407. The summed E-state index contributed by atoms with van der Waals surface area (Å²) in [7, 11) is 3.79. The van der Waals surface area contributed by atoms with E-state index < -0.39 is 0 Å². The average molecular weight is 284 g/mol. The van der Waals surface area contributed by atoms with Gasteiger partial charge < -0.3 is 15.4 Å². The van der Waals surface area contributed by atoms with Gasteiger partial charge in [-0.05, 0) is 31.0 Å². The molecule has 0 unspecified atom stereocenters. The highest BCUT2D eigenvalue weighted by Crippen LogP contribution is 2.33. The van der Waals surface area contributed by atoms with Gasteiger partial charge in [-0.25, -0.2) is 0 Å². The Morgan fingerprint density at radius 3 is 2.43 bits per heavy atom. The van der Waals surface area contributed by atoms with Crippen molar-refractivity contribution in [3.05, 3.63) is 59.7 Å². The molecule has 3 nitrogen and oxygen atoms in total. The van der Waals surface area contributed by atoms with Gasteiger partial charge in [0.2, 0.25) is 0 Å². The highest BCUT2D eigenvalue weighted by molar-refractivity contribution is 5.60. The van der Waals surface area contributed by atoms with Gasteiger partial charge in [-0.2, -0.15) is 0 Å². The molecule has 0 aliphatic carbocycles. The van der Waals surface area contributed by atoms with Gasteiger partial charge in [0.05, 0.1) is 7.11 Å². The van der Waals surface area contributed by atoms with Gasteiger partial charge in [0, 0.05) is 30.9 Å². The van der Waals surface area contributed by atoms with Gasteiger partial charge in [-0.15, -0.1) is 0 Å². The first-order chi connectivity index (χ1) is 10.1. The summed E-state index contributed by atoms with van der Waals surface area (Å²) in [5.74, 6) is 0.856. The molecule has 1 atom stereocenters. The lowest BCUT2D eigenvalue weighted by Crippen LogP contribution is -2.23. The van der Waals surface area contributed by atoms with Crippen molar-refractivity contribution in [1.29, 1.82) is 0 Å². The second-order valence-corrected chi connectivity index (χ2v) is 5.34. The molecular weight excluding hydrogens is 260 g/mol. The molecule has 112 valence electrons. The van der Waals surface area contributed by atoms with Gasteiger partial charge in [0.15, 0.2) is 0 Å². The number of rotatable bonds is 6. The monoisotopic (exact) mass is 284 g/mol. The van der Waals surface area contributed by atoms with E-state index in [1.165, 1.54) is 5.56 Å². The summed E-state index contributed by atoms with van der Waals surface area (Å²) < 4.78 is 5.45. The first kappa shape index (κ1) is 15.4. The van der Waals surface area contributed by atoms with E-state index in [-0.39, 0.29) is 6.04 Å². The van der Waals surface area contributed by atoms with Crippen LogP contribution in [0.4, 0.5) is 5.69 Å². The molecular formula is C18H24N2O. The van der Waals surface area contributed by atoms with Crippen LogP contribution in [0.5, 0.6) is 5.75 Å². The van der Waals surface area contributed by atoms with Gasteiger partial charge >= 0.3 is 0 Å². The Labute approximate surface area is 127 Å². The molecule has 0 amide bonds. The van der Waals surface area contributed by atoms with E-state index in [0.29, 0.717) is 0 Å². The molecule has 0 spiro atoms. The molecule has 0 aliphatic rings. The predicted octanol–water partition coefficient (Wildman–Crippen LogP) is 3.39. The number of likely N-dealkylation sites (N-methyl/N-ethyl adjacent to an activating group) is 1. The lowest BCUT2D eigenvalue weighted by Gasteiger charge is -2.25. The van der Waals surface area contributed by atoms with Gasteiger partial charge in [0.1, 0.15) is 5.75 Å². The molecule has 0 saturated heterocycles. The minimum absolute atomic E-state index is 0.0599. The topological polar surface area (TPSA) is 38.5 Å². The fourth-order valence-electron chi connectivity index (χ4n) is 2.56. The number of methoxy groups -OCH3 is 1. The maximum atomic E-state index is 6.13. The van der Waals surface area contributed by atoms with Crippen molar-refractivity contribution in [2.75, 3.05) is 25.6 Å². The van der Waals surface area contributed by atoms with Crippen molar-refractivity contribution in [2.24, 2.45) is 5.73 Å². The quantitative estimate of drug-likeness (QED) is 0.883.